The quantitative estimate of drug-likeness (QED) is 0.674. The molecular formula is C12H14BrN3S. The molecule has 1 aromatic carbocycles. The standard InChI is InChI=1S/C12H14BrN3S/c1-8-3-2-4-10(12(8)13)11(16-14)5-9-6-15-7-17-9/h2-4,6-7,11,16H,5,14H2,1H3. The summed E-state index contributed by atoms with van der Waals surface area (Å²) in [4.78, 5) is 5.30. The first-order chi connectivity index (χ1) is 8.22. The van der Waals surface area contributed by atoms with E-state index in [1.54, 1.807) is 11.3 Å². The summed E-state index contributed by atoms with van der Waals surface area (Å²) in [6, 6.07) is 6.31. The minimum absolute atomic E-state index is 0.102. The number of benzene rings is 1. The van der Waals surface area contributed by atoms with Crippen LogP contribution in [0, 0.1) is 6.92 Å². The van der Waals surface area contributed by atoms with Gasteiger partial charge < -0.3 is 0 Å². The third kappa shape index (κ3) is 2.93. The van der Waals surface area contributed by atoms with Crippen molar-refractivity contribution in [2.75, 3.05) is 0 Å². The van der Waals surface area contributed by atoms with Gasteiger partial charge in [-0.25, -0.2) is 0 Å². The van der Waals surface area contributed by atoms with Crippen molar-refractivity contribution in [1.29, 1.82) is 0 Å². The number of hydrogen-bond acceptors (Lipinski definition) is 4. The fourth-order valence-corrected chi connectivity index (χ4v) is 2.92. The highest BCUT2D eigenvalue weighted by Gasteiger charge is 2.15. The Hall–Kier alpha value is -0.750. The molecule has 90 valence electrons. The van der Waals surface area contributed by atoms with Gasteiger partial charge in [0.05, 0.1) is 11.6 Å². The Balaban J connectivity index is 2.26. The zero-order valence-corrected chi connectivity index (χ0v) is 11.9. The molecule has 0 saturated heterocycles. The van der Waals surface area contributed by atoms with E-state index in [1.807, 2.05) is 17.8 Å². The molecule has 0 aliphatic heterocycles. The number of thiazole rings is 1. The van der Waals surface area contributed by atoms with Gasteiger partial charge >= 0.3 is 0 Å². The Morgan fingerprint density at radius 1 is 1.53 bits per heavy atom. The van der Waals surface area contributed by atoms with Crippen LogP contribution in [0.4, 0.5) is 0 Å². The van der Waals surface area contributed by atoms with Crippen LogP contribution in [-0.4, -0.2) is 4.98 Å². The number of nitrogens with one attached hydrogen (secondary N) is 1. The zero-order valence-electron chi connectivity index (χ0n) is 9.48. The number of aryl methyl sites for hydroxylation is 1. The number of hydrogen-bond donors (Lipinski definition) is 2. The highest BCUT2D eigenvalue weighted by atomic mass is 79.9. The van der Waals surface area contributed by atoms with Crippen LogP contribution in [-0.2, 0) is 6.42 Å². The maximum absolute atomic E-state index is 5.65. The topological polar surface area (TPSA) is 50.9 Å². The summed E-state index contributed by atoms with van der Waals surface area (Å²) in [7, 11) is 0. The highest BCUT2D eigenvalue weighted by molar-refractivity contribution is 9.10. The van der Waals surface area contributed by atoms with Crippen LogP contribution in [0.5, 0.6) is 0 Å². The molecule has 1 unspecified atom stereocenters. The third-order valence-electron chi connectivity index (χ3n) is 2.69. The molecule has 0 bridgehead atoms. The molecule has 1 aromatic heterocycles. The second-order valence-corrected chi connectivity index (χ2v) is 5.63. The molecule has 2 aromatic rings. The molecule has 0 aliphatic carbocycles. The number of aromatic nitrogens is 1. The van der Waals surface area contributed by atoms with Gasteiger partial charge in [-0.1, -0.05) is 34.1 Å². The summed E-state index contributed by atoms with van der Waals surface area (Å²) in [6.45, 7) is 2.08. The minimum atomic E-state index is 0.102. The molecule has 0 amide bonds. The van der Waals surface area contributed by atoms with E-state index in [0.717, 1.165) is 10.9 Å². The molecule has 0 spiro atoms. The predicted molar refractivity (Wildman–Crippen MR) is 74.8 cm³/mol. The van der Waals surface area contributed by atoms with Crippen molar-refractivity contribution in [2.45, 2.75) is 19.4 Å². The molecule has 5 heteroatoms. The highest BCUT2D eigenvalue weighted by Crippen LogP contribution is 2.28. The lowest BCUT2D eigenvalue weighted by Crippen LogP contribution is -2.29. The van der Waals surface area contributed by atoms with Crippen molar-refractivity contribution < 1.29 is 0 Å². The normalized spacial score (nSPS) is 12.6. The molecule has 0 aliphatic rings. The number of rotatable bonds is 4. The van der Waals surface area contributed by atoms with Gasteiger partial charge in [0.25, 0.3) is 0 Å². The van der Waals surface area contributed by atoms with E-state index >= 15 is 0 Å². The number of halogens is 1. The molecule has 3 nitrogen and oxygen atoms in total. The maximum Gasteiger partial charge on any atom is 0.0794 e. The van der Waals surface area contributed by atoms with E-state index in [9.17, 15) is 0 Å². The van der Waals surface area contributed by atoms with Gasteiger partial charge in [0, 0.05) is 22.0 Å². The van der Waals surface area contributed by atoms with Gasteiger partial charge in [-0.05, 0) is 18.1 Å². The molecular weight excluding hydrogens is 298 g/mol. The van der Waals surface area contributed by atoms with Gasteiger partial charge in [0.2, 0.25) is 0 Å². The van der Waals surface area contributed by atoms with E-state index in [2.05, 4.69) is 45.4 Å². The van der Waals surface area contributed by atoms with Crippen LogP contribution >= 0.6 is 27.3 Å². The van der Waals surface area contributed by atoms with Crippen molar-refractivity contribution in [2.24, 2.45) is 5.84 Å². The number of hydrazine groups is 1. The average Bonchev–Trinajstić information content (AvgIpc) is 2.83. The predicted octanol–water partition coefficient (Wildman–Crippen LogP) is 2.96. The molecule has 3 N–H and O–H groups in total. The van der Waals surface area contributed by atoms with Crippen molar-refractivity contribution in [3.63, 3.8) is 0 Å². The molecule has 0 saturated carbocycles. The lowest BCUT2D eigenvalue weighted by molar-refractivity contribution is 0.553. The third-order valence-corrected chi connectivity index (χ3v) is 4.57. The molecule has 0 radical (unpaired) electrons. The second-order valence-electron chi connectivity index (χ2n) is 3.87. The van der Waals surface area contributed by atoms with Crippen LogP contribution in [0.2, 0.25) is 0 Å². The van der Waals surface area contributed by atoms with E-state index in [0.29, 0.717) is 0 Å². The molecule has 1 atom stereocenters. The number of nitrogens with two attached hydrogens (primary N) is 1. The smallest absolute Gasteiger partial charge is 0.0794 e. The van der Waals surface area contributed by atoms with Gasteiger partial charge in [-0.15, -0.1) is 11.3 Å². The SMILES string of the molecule is Cc1cccc(C(Cc2cncs2)NN)c1Br. The summed E-state index contributed by atoms with van der Waals surface area (Å²) in [6.07, 6.45) is 2.74. The summed E-state index contributed by atoms with van der Waals surface area (Å²) in [5.41, 5.74) is 7.11. The fraction of sp³-hybridized carbons (Fsp3) is 0.250. The van der Waals surface area contributed by atoms with E-state index in [4.69, 9.17) is 5.84 Å². The fourth-order valence-electron chi connectivity index (χ4n) is 1.74. The van der Waals surface area contributed by atoms with E-state index in [1.165, 1.54) is 16.0 Å². The Morgan fingerprint density at radius 3 is 3.00 bits per heavy atom. The average molecular weight is 312 g/mol. The van der Waals surface area contributed by atoms with Crippen LogP contribution < -0.4 is 11.3 Å². The van der Waals surface area contributed by atoms with Crippen LogP contribution in [0.15, 0.2) is 34.4 Å². The van der Waals surface area contributed by atoms with Gasteiger partial charge in [0.1, 0.15) is 0 Å². The first-order valence-corrected chi connectivity index (χ1v) is 6.98. The summed E-state index contributed by atoms with van der Waals surface area (Å²) in [5.74, 6) is 5.65. The van der Waals surface area contributed by atoms with E-state index in [-0.39, 0.29) is 6.04 Å². The molecule has 1 heterocycles. The second kappa shape index (κ2) is 5.73. The molecule has 2 rings (SSSR count). The van der Waals surface area contributed by atoms with Crippen LogP contribution in [0.1, 0.15) is 22.0 Å². The summed E-state index contributed by atoms with van der Waals surface area (Å²) in [5, 5.41) is 0. The van der Waals surface area contributed by atoms with Gasteiger partial charge in [0.15, 0.2) is 0 Å². The summed E-state index contributed by atoms with van der Waals surface area (Å²) < 4.78 is 1.12. The Kier molecular flexibility index (Phi) is 4.28. The first kappa shape index (κ1) is 12.7. The Morgan fingerprint density at radius 2 is 2.35 bits per heavy atom. The van der Waals surface area contributed by atoms with Crippen LogP contribution in [0.25, 0.3) is 0 Å². The largest absolute Gasteiger partial charge is 0.271 e. The van der Waals surface area contributed by atoms with Crippen molar-refractivity contribution in [3.8, 4) is 0 Å². The first-order valence-electron chi connectivity index (χ1n) is 5.31. The lowest BCUT2D eigenvalue weighted by Gasteiger charge is -2.18. The van der Waals surface area contributed by atoms with Gasteiger partial charge in [-0.2, -0.15) is 0 Å². The lowest BCUT2D eigenvalue weighted by atomic mass is 10.0. The number of nitrogens with zero attached hydrogens (tertiary/aromatic N) is 1. The summed E-state index contributed by atoms with van der Waals surface area (Å²) >= 11 is 5.27. The molecule has 0 fully saturated rings. The zero-order chi connectivity index (χ0) is 12.3. The molecule has 17 heavy (non-hydrogen) atoms. The minimum Gasteiger partial charge on any atom is -0.271 e. The van der Waals surface area contributed by atoms with Gasteiger partial charge in [-0.3, -0.25) is 16.3 Å². The monoisotopic (exact) mass is 311 g/mol. The van der Waals surface area contributed by atoms with Crippen molar-refractivity contribution in [1.82, 2.24) is 10.4 Å². The maximum atomic E-state index is 5.65. The van der Waals surface area contributed by atoms with Crippen molar-refractivity contribution >= 4 is 27.3 Å². The van der Waals surface area contributed by atoms with E-state index < -0.39 is 0 Å². The Labute approximate surface area is 113 Å². The Bertz CT molecular complexity index is 485. The van der Waals surface area contributed by atoms with Crippen LogP contribution in [0.3, 0.4) is 0 Å². The van der Waals surface area contributed by atoms with Crippen molar-refractivity contribution in [3.05, 3.63) is 50.4 Å².